The van der Waals surface area contributed by atoms with E-state index in [0.29, 0.717) is 11.1 Å². The normalized spacial score (nSPS) is 11.2. The molecule has 4 rings (SSSR count). The second-order valence-corrected chi connectivity index (χ2v) is 6.57. The van der Waals surface area contributed by atoms with Gasteiger partial charge in [-0.3, -0.25) is 9.36 Å². The zero-order chi connectivity index (χ0) is 17.2. The van der Waals surface area contributed by atoms with Crippen LogP contribution in [0.3, 0.4) is 0 Å². The van der Waals surface area contributed by atoms with Gasteiger partial charge in [-0.2, -0.15) is 0 Å². The zero-order valence-corrected chi connectivity index (χ0v) is 14.1. The minimum absolute atomic E-state index is 0.117. The lowest BCUT2D eigenvalue weighted by Crippen LogP contribution is -2.17. The van der Waals surface area contributed by atoms with E-state index in [9.17, 15) is 9.59 Å². The van der Waals surface area contributed by atoms with Gasteiger partial charge >= 0.3 is 11.7 Å². The van der Waals surface area contributed by atoms with Crippen molar-refractivity contribution in [3.05, 3.63) is 70.0 Å². The molecule has 0 bridgehead atoms. The number of carbonyl (C=O) groups excluding carboxylic acids is 1. The number of hydrogen-bond acceptors (Lipinski definition) is 5. The van der Waals surface area contributed by atoms with Gasteiger partial charge in [-0.15, -0.1) is 11.3 Å². The molecule has 5 nitrogen and oxygen atoms in total. The Morgan fingerprint density at radius 1 is 1.12 bits per heavy atom. The molecule has 4 aromatic rings. The molecule has 2 heterocycles. The molecule has 0 amide bonds. The number of ether oxygens (including phenoxy) is 1. The molecule has 0 N–H and O–H groups in total. The summed E-state index contributed by atoms with van der Waals surface area (Å²) in [7, 11) is 0. The maximum atomic E-state index is 12.1. The molecule has 0 saturated carbocycles. The SMILES string of the molecule is O=C(CCn1c(=O)oc2ccccc21)OCc1csc2ccccc12. The van der Waals surface area contributed by atoms with Gasteiger partial charge in [0.25, 0.3) is 0 Å². The van der Waals surface area contributed by atoms with E-state index in [0.717, 1.165) is 10.9 Å². The lowest BCUT2D eigenvalue weighted by Gasteiger charge is -2.05. The average Bonchev–Trinajstić information content (AvgIpc) is 3.18. The quantitative estimate of drug-likeness (QED) is 0.510. The molecule has 0 aliphatic carbocycles. The van der Waals surface area contributed by atoms with E-state index in [1.54, 1.807) is 29.5 Å². The van der Waals surface area contributed by atoms with Gasteiger partial charge in [0.2, 0.25) is 0 Å². The van der Waals surface area contributed by atoms with E-state index < -0.39 is 5.76 Å². The van der Waals surface area contributed by atoms with Crippen LogP contribution < -0.4 is 5.76 Å². The number of aryl methyl sites for hydroxylation is 1. The number of rotatable bonds is 5. The van der Waals surface area contributed by atoms with Crippen LogP contribution in [0.15, 0.2) is 63.1 Å². The van der Waals surface area contributed by atoms with Gasteiger partial charge in [0.05, 0.1) is 11.9 Å². The highest BCUT2D eigenvalue weighted by atomic mass is 32.1. The van der Waals surface area contributed by atoms with Crippen LogP contribution in [0.5, 0.6) is 0 Å². The van der Waals surface area contributed by atoms with E-state index in [1.807, 2.05) is 35.7 Å². The molecule has 0 aliphatic heterocycles. The summed E-state index contributed by atoms with van der Waals surface area (Å²) in [6.07, 6.45) is 0.117. The first-order valence-corrected chi connectivity index (χ1v) is 8.79. The summed E-state index contributed by atoms with van der Waals surface area (Å²) in [5.41, 5.74) is 2.20. The van der Waals surface area contributed by atoms with Crippen LogP contribution in [0.1, 0.15) is 12.0 Å². The highest BCUT2D eigenvalue weighted by Crippen LogP contribution is 2.26. The molecule has 126 valence electrons. The third-order valence-electron chi connectivity index (χ3n) is 4.06. The van der Waals surface area contributed by atoms with Gasteiger partial charge < -0.3 is 9.15 Å². The summed E-state index contributed by atoms with van der Waals surface area (Å²) in [6.45, 7) is 0.475. The van der Waals surface area contributed by atoms with Crippen molar-refractivity contribution in [1.29, 1.82) is 0 Å². The van der Waals surface area contributed by atoms with Gasteiger partial charge in [-0.1, -0.05) is 30.3 Å². The Kier molecular flexibility index (Phi) is 4.11. The number of fused-ring (bicyclic) bond motifs is 2. The van der Waals surface area contributed by atoms with E-state index in [1.165, 1.54) is 9.27 Å². The monoisotopic (exact) mass is 353 g/mol. The molecule has 2 aromatic heterocycles. The van der Waals surface area contributed by atoms with Gasteiger partial charge in [0, 0.05) is 16.8 Å². The number of nitrogens with zero attached hydrogens (tertiary/aromatic N) is 1. The predicted molar refractivity (Wildman–Crippen MR) is 96.7 cm³/mol. The number of carbonyl (C=O) groups is 1. The molecule has 0 spiro atoms. The van der Waals surface area contributed by atoms with Crippen LogP contribution in [-0.2, 0) is 22.7 Å². The van der Waals surface area contributed by atoms with Crippen molar-refractivity contribution in [2.45, 2.75) is 19.6 Å². The summed E-state index contributed by atoms with van der Waals surface area (Å²) >= 11 is 1.63. The first-order valence-electron chi connectivity index (χ1n) is 7.91. The van der Waals surface area contributed by atoms with Crippen molar-refractivity contribution in [3.8, 4) is 0 Å². The molecule has 2 aromatic carbocycles. The highest BCUT2D eigenvalue weighted by Gasteiger charge is 2.12. The average molecular weight is 353 g/mol. The van der Waals surface area contributed by atoms with Gasteiger partial charge in [0.15, 0.2) is 5.58 Å². The Labute approximate surface area is 147 Å². The first kappa shape index (κ1) is 15.7. The summed E-state index contributed by atoms with van der Waals surface area (Å²) in [4.78, 5) is 23.9. The van der Waals surface area contributed by atoms with Crippen LogP contribution in [0.4, 0.5) is 0 Å². The van der Waals surface area contributed by atoms with Crippen molar-refractivity contribution in [2.24, 2.45) is 0 Å². The summed E-state index contributed by atoms with van der Waals surface area (Å²) in [6, 6.07) is 15.2. The summed E-state index contributed by atoms with van der Waals surface area (Å²) in [5, 5.41) is 3.11. The second kappa shape index (κ2) is 6.57. The predicted octanol–water partition coefficient (Wildman–Crippen LogP) is 3.94. The lowest BCUT2D eigenvalue weighted by molar-refractivity contribution is -0.145. The molecule has 0 aliphatic rings. The molecule has 6 heteroatoms. The topological polar surface area (TPSA) is 61.4 Å². The summed E-state index contributed by atoms with van der Waals surface area (Å²) in [5.74, 6) is -0.801. The van der Waals surface area contributed by atoms with E-state index in [2.05, 4.69) is 0 Å². The fourth-order valence-electron chi connectivity index (χ4n) is 2.80. The molecule has 0 radical (unpaired) electrons. The highest BCUT2D eigenvalue weighted by molar-refractivity contribution is 7.17. The number of hydrogen-bond donors (Lipinski definition) is 0. The maximum absolute atomic E-state index is 12.1. The largest absolute Gasteiger partial charge is 0.461 e. The van der Waals surface area contributed by atoms with E-state index in [-0.39, 0.29) is 25.5 Å². The Morgan fingerprint density at radius 3 is 2.84 bits per heavy atom. The molecular weight excluding hydrogens is 338 g/mol. The number of aromatic nitrogens is 1. The van der Waals surface area contributed by atoms with Crippen LogP contribution >= 0.6 is 11.3 Å². The molecule has 0 fully saturated rings. The Balaban J connectivity index is 1.41. The molecule has 0 atom stereocenters. The number of para-hydroxylation sites is 2. The van der Waals surface area contributed by atoms with Crippen molar-refractivity contribution in [1.82, 2.24) is 4.57 Å². The summed E-state index contributed by atoms with van der Waals surface area (Å²) < 4.78 is 13.1. The van der Waals surface area contributed by atoms with Crippen LogP contribution in [0.25, 0.3) is 21.2 Å². The lowest BCUT2D eigenvalue weighted by atomic mass is 10.2. The van der Waals surface area contributed by atoms with Crippen molar-refractivity contribution >= 4 is 38.5 Å². The standard InChI is InChI=1S/C19H15NO4S/c21-18(23-11-13-12-25-17-8-4-1-5-14(13)17)9-10-20-15-6-2-3-7-16(15)24-19(20)22/h1-8,12H,9-11H2. The Hall–Kier alpha value is -2.86. The fraction of sp³-hybridized carbons (Fsp3) is 0.158. The molecule has 0 saturated heterocycles. The second-order valence-electron chi connectivity index (χ2n) is 5.66. The minimum Gasteiger partial charge on any atom is -0.461 e. The maximum Gasteiger partial charge on any atom is 0.419 e. The first-order chi connectivity index (χ1) is 12.2. The molecular formula is C19H15NO4S. The number of thiophene rings is 1. The smallest absolute Gasteiger partial charge is 0.419 e. The van der Waals surface area contributed by atoms with Crippen molar-refractivity contribution in [3.63, 3.8) is 0 Å². The Bertz CT molecular complexity index is 1110. The van der Waals surface area contributed by atoms with Crippen molar-refractivity contribution < 1.29 is 13.9 Å². The number of benzene rings is 2. The van der Waals surface area contributed by atoms with Gasteiger partial charge in [0.1, 0.15) is 6.61 Å². The van der Waals surface area contributed by atoms with Crippen LogP contribution in [0.2, 0.25) is 0 Å². The number of esters is 1. The van der Waals surface area contributed by atoms with Crippen molar-refractivity contribution in [2.75, 3.05) is 0 Å². The third kappa shape index (κ3) is 3.08. The van der Waals surface area contributed by atoms with E-state index >= 15 is 0 Å². The number of oxazole rings is 1. The van der Waals surface area contributed by atoms with E-state index in [4.69, 9.17) is 9.15 Å². The van der Waals surface area contributed by atoms with Gasteiger partial charge in [-0.25, -0.2) is 4.79 Å². The van der Waals surface area contributed by atoms with Crippen LogP contribution in [0, 0.1) is 0 Å². The third-order valence-corrected chi connectivity index (χ3v) is 5.08. The molecule has 0 unspecified atom stereocenters. The van der Waals surface area contributed by atoms with Crippen LogP contribution in [-0.4, -0.2) is 10.5 Å². The minimum atomic E-state index is -0.460. The Morgan fingerprint density at radius 2 is 1.92 bits per heavy atom. The van der Waals surface area contributed by atoms with Gasteiger partial charge in [-0.05, 0) is 29.0 Å². The zero-order valence-electron chi connectivity index (χ0n) is 13.3. The molecule has 25 heavy (non-hydrogen) atoms. The fourth-order valence-corrected chi connectivity index (χ4v) is 3.75.